The molecule has 3 nitrogen and oxygen atoms in total. The van der Waals surface area contributed by atoms with E-state index in [4.69, 9.17) is 0 Å². The molecule has 0 spiro atoms. The van der Waals surface area contributed by atoms with Gasteiger partial charge in [-0.05, 0) is 12.8 Å². The normalized spacial score (nSPS) is 13.4. The zero-order valence-corrected chi connectivity index (χ0v) is 8.81. The monoisotopic (exact) mass is 208 g/mol. The molecule has 84 valence electrons. The van der Waals surface area contributed by atoms with Crippen molar-refractivity contribution in [1.82, 2.24) is 10.6 Å². The molecule has 0 aromatic rings. The van der Waals surface area contributed by atoms with Crippen molar-refractivity contribution < 1.29 is 13.6 Å². The summed E-state index contributed by atoms with van der Waals surface area (Å²) >= 11 is 0. The molecule has 1 atom stereocenters. The van der Waals surface area contributed by atoms with Crippen molar-refractivity contribution >= 4 is 5.91 Å². The molecule has 0 bridgehead atoms. The van der Waals surface area contributed by atoms with Crippen molar-refractivity contribution in [1.29, 1.82) is 0 Å². The average Bonchev–Trinajstić information content (AvgIpc) is 2.10. The van der Waals surface area contributed by atoms with Crippen molar-refractivity contribution in [2.24, 2.45) is 5.92 Å². The first-order valence-corrected chi connectivity index (χ1v) is 4.71. The van der Waals surface area contributed by atoms with Gasteiger partial charge in [0.15, 0.2) is 0 Å². The zero-order chi connectivity index (χ0) is 11.1. The molecule has 2 N–H and O–H groups in total. The van der Waals surface area contributed by atoms with Crippen molar-refractivity contribution in [3.8, 4) is 0 Å². The van der Waals surface area contributed by atoms with Crippen LogP contribution in [0.2, 0.25) is 0 Å². The van der Waals surface area contributed by atoms with Gasteiger partial charge in [0, 0.05) is 6.54 Å². The van der Waals surface area contributed by atoms with Gasteiger partial charge in [-0.25, -0.2) is 8.78 Å². The summed E-state index contributed by atoms with van der Waals surface area (Å²) < 4.78 is 24.0. The third kappa shape index (κ3) is 6.77. The maximum Gasteiger partial charge on any atom is 0.253 e. The fourth-order valence-corrected chi connectivity index (χ4v) is 0.723. The Labute approximate surface area is 83.3 Å². The highest BCUT2D eigenvalue weighted by molar-refractivity contribution is 5.77. The quantitative estimate of drug-likeness (QED) is 0.683. The number of carbonyl (C=O) groups excluding carboxylic acids is 1. The van der Waals surface area contributed by atoms with Crippen LogP contribution in [0.1, 0.15) is 20.8 Å². The molecule has 0 saturated carbocycles. The third-order valence-electron chi connectivity index (χ3n) is 1.67. The number of carbonyl (C=O) groups is 1. The van der Waals surface area contributed by atoms with Crippen LogP contribution in [0.25, 0.3) is 0 Å². The summed E-state index contributed by atoms with van der Waals surface area (Å²) in [5, 5.41) is 5.07. The van der Waals surface area contributed by atoms with Gasteiger partial charge in [-0.1, -0.05) is 13.8 Å². The molecule has 14 heavy (non-hydrogen) atoms. The molecule has 0 radical (unpaired) electrons. The van der Waals surface area contributed by atoms with E-state index < -0.39 is 12.5 Å². The van der Waals surface area contributed by atoms with E-state index in [0.717, 1.165) is 0 Å². The molecular weight excluding hydrogens is 190 g/mol. The minimum Gasteiger partial charge on any atom is -0.355 e. The van der Waals surface area contributed by atoms with E-state index in [0.29, 0.717) is 12.5 Å². The molecule has 0 saturated heterocycles. The molecule has 0 aliphatic heterocycles. The van der Waals surface area contributed by atoms with E-state index in [2.05, 4.69) is 10.6 Å². The predicted molar refractivity (Wildman–Crippen MR) is 51.3 cm³/mol. The second-order valence-corrected chi connectivity index (χ2v) is 3.70. The number of hydrogen-bond acceptors (Lipinski definition) is 2. The minimum atomic E-state index is -2.44. The maximum absolute atomic E-state index is 12.0. The van der Waals surface area contributed by atoms with E-state index >= 15 is 0 Å². The van der Waals surface area contributed by atoms with Crippen LogP contribution in [0, 0.1) is 5.92 Å². The van der Waals surface area contributed by atoms with Gasteiger partial charge in [0.25, 0.3) is 6.43 Å². The van der Waals surface area contributed by atoms with Crippen LogP contribution in [0.15, 0.2) is 0 Å². The molecular formula is C9H18F2N2O. The van der Waals surface area contributed by atoms with Gasteiger partial charge in [0.05, 0.1) is 12.6 Å². The van der Waals surface area contributed by atoms with Crippen LogP contribution in [0.3, 0.4) is 0 Å². The number of nitrogens with one attached hydrogen (secondary N) is 2. The van der Waals surface area contributed by atoms with Crippen LogP contribution in [0.4, 0.5) is 8.78 Å². The highest BCUT2D eigenvalue weighted by atomic mass is 19.3. The van der Waals surface area contributed by atoms with Crippen LogP contribution < -0.4 is 10.6 Å². The fraction of sp³-hybridized carbons (Fsp3) is 0.889. The van der Waals surface area contributed by atoms with Gasteiger partial charge in [0.2, 0.25) is 5.91 Å². The first-order chi connectivity index (χ1) is 6.43. The summed E-state index contributed by atoms with van der Waals surface area (Å²) in [5.41, 5.74) is 0. The Balaban J connectivity index is 3.54. The summed E-state index contributed by atoms with van der Waals surface area (Å²) in [5.74, 6) is 0.123. The molecule has 1 unspecified atom stereocenters. The van der Waals surface area contributed by atoms with Crippen molar-refractivity contribution in [3.05, 3.63) is 0 Å². The van der Waals surface area contributed by atoms with Crippen LogP contribution >= 0.6 is 0 Å². The summed E-state index contributed by atoms with van der Waals surface area (Å²) in [4.78, 5) is 11.1. The van der Waals surface area contributed by atoms with E-state index in [9.17, 15) is 13.6 Å². The average molecular weight is 208 g/mol. The Hall–Kier alpha value is -0.710. The number of amides is 1. The summed E-state index contributed by atoms with van der Waals surface area (Å²) in [7, 11) is 0. The topological polar surface area (TPSA) is 41.1 Å². The number of rotatable bonds is 6. The van der Waals surface area contributed by atoms with Crippen molar-refractivity contribution in [3.63, 3.8) is 0 Å². The first kappa shape index (κ1) is 13.3. The Morgan fingerprint density at radius 2 is 1.86 bits per heavy atom. The summed E-state index contributed by atoms with van der Waals surface area (Å²) in [6.45, 7) is 5.80. The number of hydrogen-bond donors (Lipinski definition) is 2. The second-order valence-electron chi connectivity index (χ2n) is 3.70. The molecule has 5 heteroatoms. The van der Waals surface area contributed by atoms with Gasteiger partial charge < -0.3 is 10.6 Å². The van der Waals surface area contributed by atoms with Gasteiger partial charge in [-0.2, -0.15) is 0 Å². The third-order valence-corrected chi connectivity index (χ3v) is 1.67. The highest BCUT2D eigenvalue weighted by Gasteiger charge is 2.14. The Morgan fingerprint density at radius 1 is 1.29 bits per heavy atom. The highest BCUT2D eigenvalue weighted by Crippen LogP contribution is 1.98. The van der Waals surface area contributed by atoms with Gasteiger partial charge in [-0.3, -0.25) is 4.79 Å². The Morgan fingerprint density at radius 3 is 2.29 bits per heavy atom. The zero-order valence-electron chi connectivity index (χ0n) is 8.81. The fourth-order valence-electron chi connectivity index (χ4n) is 0.723. The molecule has 1 amide bonds. The Kier molecular flexibility index (Phi) is 6.36. The van der Waals surface area contributed by atoms with Crippen LogP contribution in [-0.2, 0) is 4.79 Å². The van der Waals surface area contributed by atoms with Crippen molar-refractivity contribution in [2.75, 3.05) is 13.1 Å². The molecule has 0 aromatic heterocycles. The lowest BCUT2D eigenvalue weighted by atomic mass is 10.2. The van der Waals surface area contributed by atoms with E-state index in [1.807, 2.05) is 13.8 Å². The predicted octanol–water partition coefficient (Wildman–Crippen LogP) is 1.00. The smallest absolute Gasteiger partial charge is 0.253 e. The number of halogens is 2. The first-order valence-electron chi connectivity index (χ1n) is 4.71. The lowest BCUT2D eigenvalue weighted by molar-refractivity contribution is -0.120. The lowest BCUT2D eigenvalue weighted by Gasteiger charge is -2.13. The molecule has 0 fully saturated rings. The maximum atomic E-state index is 12.0. The molecule has 0 aliphatic carbocycles. The number of alkyl halides is 2. The molecule has 0 aromatic carbocycles. The molecule has 0 aliphatic rings. The summed E-state index contributed by atoms with van der Waals surface area (Å²) in [6.07, 6.45) is -2.44. The van der Waals surface area contributed by atoms with Crippen LogP contribution in [-0.4, -0.2) is 31.5 Å². The van der Waals surface area contributed by atoms with Gasteiger partial charge in [-0.15, -0.1) is 0 Å². The van der Waals surface area contributed by atoms with Crippen LogP contribution in [0.5, 0.6) is 0 Å². The summed E-state index contributed by atoms with van der Waals surface area (Å²) in [6, 6.07) is -0.945. The lowest BCUT2D eigenvalue weighted by Crippen LogP contribution is -2.41. The molecule has 0 rings (SSSR count). The second kappa shape index (κ2) is 6.70. The van der Waals surface area contributed by atoms with Gasteiger partial charge in [0.1, 0.15) is 0 Å². The Bertz CT molecular complexity index is 174. The largest absolute Gasteiger partial charge is 0.355 e. The molecule has 0 heterocycles. The SMILES string of the molecule is CC(C)CNC(=O)CNC(C)C(F)F. The van der Waals surface area contributed by atoms with Crippen molar-refractivity contribution in [2.45, 2.75) is 33.2 Å². The van der Waals surface area contributed by atoms with E-state index in [1.165, 1.54) is 6.92 Å². The van der Waals surface area contributed by atoms with E-state index in [1.54, 1.807) is 0 Å². The minimum absolute atomic E-state index is 0.0573. The van der Waals surface area contributed by atoms with Gasteiger partial charge >= 0.3 is 0 Å². The standard InChI is InChI=1S/C9H18F2N2O/c1-6(2)4-13-8(14)5-12-7(3)9(10)11/h6-7,9,12H,4-5H2,1-3H3,(H,13,14). The van der Waals surface area contributed by atoms with E-state index in [-0.39, 0.29) is 12.5 Å².